The average Bonchev–Trinajstić information content (AvgIpc) is 3.80. The molecule has 0 aliphatic heterocycles. The molecule has 174 valence electrons. The summed E-state index contributed by atoms with van der Waals surface area (Å²) in [5.74, 6) is -1.29. The van der Waals surface area contributed by atoms with Crippen molar-refractivity contribution in [3.05, 3.63) is 94.4 Å². The second kappa shape index (κ2) is 8.20. The number of fused-ring (bicyclic) bond motifs is 1. The lowest BCUT2D eigenvalue weighted by Crippen LogP contribution is -2.31. The fraction of sp³-hybridized carbons (Fsp3) is 0.214. The van der Waals surface area contributed by atoms with Gasteiger partial charge in [-0.05, 0) is 66.1 Å². The molecule has 2 saturated carbocycles. The Morgan fingerprint density at radius 2 is 1.80 bits per heavy atom. The molecule has 4 aromatic rings. The van der Waals surface area contributed by atoms with Crippen molar-refractivity contribution in [3.63, 3.8) is 0 Å². The molecule has 2 aliphatic rings. The minimum absolute atomic E-state index is 0.0895. The lowest BCUT2D eigenvalue weighted by atomic mass is 10.0. The predicted octanol–water partition coefficient (Wildman–Crippen LogP) is 4.13. The van der Waals surface area contributed by atoms with Crippen LogP contribution in [0.1, 0.15) is 41.1 Å². The molecular formula is C28H23N3O4. The van der Waals surface area contributed by atoms with Gasteiger partial charge in [0.2, 0.25) is 5.43 Å². The SMILES string of the molecule is O=C(NC1CC1)c1cn(-c2cccc(-c3ccc([C@H]4C[C@@H]4C(=O)O)cc3)c2)c2ncccc2c1=O. The molecule has 0 unspecified atom stereocenters. The third kappa shape index (κ3) is 3.99. The van der Waals surface area contributed by atoms with Gasteiger partial charge in [-0.25, -0.2) is 4.98 Å². The largest absolute Gasteiger partial charge is 0.481 e. The maximum absolute atomic E-state index is 13.1. The topological polar surface area (TPSA) is 101 Å². The average molecular weight is 466 g/mol. The number of pyridine rings is 2. The summed E-state index contributed by atoms with van der Waals surface area (Å²) in [6, 6.07) is 19.4. The lowest BCUT2D eigenvalue weighted by Gasteiger charge is -2.14. The molecule has 2 N–H and O–H groups in total. The second-order valence-electron chi connectivity index (χ2n) is 9.32. The van der Waals surface area contributed by atoms with Crippen LogP contribution in [0.4, 0.5) is 0 Å². The number of carboxylic acids is 1. The number of hydrogen-bond acceptors (Lipinski definition) is 4. The highest BCUT2D eigenvalue weighted by Crippen LogP contribution is 2.47. The van der Waals surface area contributed by atoms with E-state index in [-0.39, 0.29) is 34.8 Å². The van der Waals surface area contributed by atoms with E-state index in [0.29, 0.717) is 17.5 Å². The first-order chi connectivity index (χ1) is 17.0. The molecule has 2 heterocycles. The molecule has 2 fully saturated rings. The Labute approximate surface area is 201 Å². The Balaban J connectivity index is 1.39. The van der Waals surface area contributed by atoms with Crippen LogP contribution in [0.2, 0.25) is 0 Å². The van der Waals surface area contributed by atoms with Crippen LogP contribution in [0.25, 0.3) is 27.8 Å². The van der Waals surface area contributed by atoms with Crippen LogP contribution in [0.15, 0.2) is 77.9 Å². The number of nitrogens with one attached hydrogen (secondary N) is 1. The summed E-state index contributed by atoms with van der Waals surface area (Å²) in [7, 11) is 0. The van der Waals surface area contributed by atoms with Crippen molar-refractivity contribution in [1.82, 2.24) is 14.9 Å². The zero-order valence-electron chi connectivity index (χ0n) is 18.8. The number of carbonyl (C=O) groups excluding carboxylic acids is 1. The zero-order valence-corrected chi connectivity index (χ0v) is 18.8. The van der Waals surface area contributed by atoms with Crippen LogP contribution in [0, 0.1) is 5.92 Å². The molecule has 7 heteroatoms. The summed E-state index contributed by atoms with van der Waals surface area (Å²) >= 11 is 0. The summed E-state index contributed by atoms with van der Waals surface area (Å²) in [6.45, 7) is 0. The number of aliphatic carboxylic acids is 1. The normalized spacial score (nSPS) is 18.9. The molecule has 0 bridgehead atoms. The van der Waals surface area contributed by atoms with E-state index in [2.05, 4.69) is 10.3 Å². The Bertz CT molecular complexity index is 1540. The van der Waals surface area contributed by atoms with Gasteiger partial charge in [0, 0.05) is 24.1 Å². The van der Waals surface area contributed by atoms with E-state index >= 15 is 0 Å². The first kappa shape index (κ1) is 21.3. The number of rotatable bonds is 6. The smallest absolute Gasteiger partial charge is 0.307 e. The molecule has 6 rings (SSSR count). The highest BCUT2D eigenvalue weighted by atomic mass is 16.4. The van der Waals surface area contributed by atoms with Gasteiger partial charge in [0.1, 0.15) is 11.2 Å². The number of aromatic nitrogens is 2. The van der Waals surface area contributed by atoms with E-state index in [1.807, 2.05) is 48.5 Å². The van der Waals surface area contributed by atoms with Gasteiger partial charge in [-0.1, -0.05) is 36.4 Å². The highest BCUT2D eigenvalue weighted by Gasteiger charge is 2.44. The summed E-state index contributed by atoms with van der Waals surface area (Å²) < 4.78 is 1.79. The molecule has 2 aliphatic carbocycles. The van der Waals surface area contributed by atoms with Gasteiger partial charge in [-0.15, -0.1) is 0 Å². The standard InChI is InChI=1S/C28H23N3O4/c32-25-21-5-2-12-29-26(21)31(15-24(25)27(33)30-19-10-11-19)20-4-1-3-18(13-20)16-6-8-17(9-7-16)22-14-23(22)28(34)35/h1-9,12-13,15,19,22-23H,10-11,14H2,(H,30,33)(H,34,35)/t22-,23+/m1/s1. The Morgan fingerprint density at radius 1 is 1.00 bits per heavy atom. The van der Waals surface area contributed by atoms with Crippen molar-refractivity contribution in [3.8, 4) is 16.8 Å². The fourth-order valence-corrected chi connectivity index (χ4v) is 4.60. The van der Waals surface area contributed by atoms with Crippen LogP contribution in [-0.2, 0) is 4.79 Å². The first-order valence-corrected chi connectivity index (χ1v) is 11.7. The Hall–Kier alpha value is -4.26. The van der Waals surface area contributed by atoms with Crippen LogP contribution < -0.4 is 10.7 Å². The minimum Gasteiger partial charge on any atom is -0.481 e. The molecule has 2 aromatic carbocycles. The van der Waals surface area contributed by atoms with Crippen LogP contribution in [0.3, 0.4) is 0 Å². The molecule has 2 atom stereocenters. The summed E-state index contributed by atoms with van der Waals surface area (Å²) in [6.07, 6.45) is 5.78. The van der Waals surface area contributed by atoms with E-state index in [1.165, 1.54) is 0 Å². The summed E-state index contributed by atoms with van der Waals surface area (Å²) in [5.41, 5.74) is 4.04. The molecule has 0 saturated heterocycles. The molecule has 2 aromatic heterocycles. The van der Waals surface area contributed by atoms with Gasteiger partial charge in [0.15, 0.2) is 0 Å². The maximum atomic E-state index is 13.1. The van der Waals surface area contributed by atoms with E-state index in [0.717, 1.165) is 35.2 Å². The van der Waals surface area contributed by atoms with Crippen LogP contribution in [-0.4, -0.2) is 32.6 Å². The molecule has 1 amide bonds. The quantitative estimate of drug-likeness (QED) is 0.446. The van der Waals surface area contributed by atoms with Crippen molar-refractivity contribution < 1.29 is 14.7 Å². The third-order valence-corrected chi connectivity index (χ3v) is 6.82. The van der Waals surface area contributed by atoms with E-state index < -0.39 is 5.97 Å². The van der Waals surface area contributed by atoms with Gasteiger partial charge < -0.3 is 15.0 Å². The summed E-state index contributed by atoms with van der Waals surface area (Å²) in [4.78, 5) is 41.5. The first-order valence-electron chi connectivity index (χ1n) is 11.7. The molecule has 0 spiro atoms. The second-order valence-corrected chi connectivity index (χ2v) is 9.32. The number of carboxylic acid groups (broad SMARTS) is 1. The molecule has 0 radical (unpaired) electrons. The summed E-state index contributed by atoms with van der Waals surface area (Å²) in [5, 5.41) is 12.5. The van der Waals surface area contributed by atoms with Crippen molar-refractivity contribution in [2.45, 2.75) is 31.2 Å². The number of hydrogen-bond donors (Lipinski definition) is 2. The van der Waals surface area contributed by atoms with Crippen molar-refractivity contribution in [2.75, 3.05) is 0 Å². The van der Waals surface area contributed by atoms with E-state index in [4.69, 9.17) is 0 Å². The van der Waals surface area contributed by atoms with Crippen molar-refractivity contribution in [2.24, 2.45) is 5.92 Å². The van der Waals surface area contributed by atoms with Gasteiger partial charge >= 0.3 is 5.97 Å². The molecule has 7 nitrogen and oxygen atoms in total. The number of carbonyl (C=O) groups is 2. The van der Waals surface area contributed by atoms with Crippen molar-refractivity contribution >= 4 is 22.9 Å². The van der Waals surface area contributed by atoms with Gasteiger partial charge in [0.05, 0.1) is 11.3 Å². The number of benzene rings is 2. The Kier molecular flexibility index (Phi) is 4.99. The molecule has 35 heavy (non-hydrogen) atoms. The van der Waals surface area contributed by atoms with Gasteiger partial charge in [0.25, 0.3) is 5.91 Å². The third-order valence-electron chi connectivity index (χ3n) is 6.82. The number of nitrogens with zero attached hydrogens (tertiary/aromatic N) is 2. The van der Waals surface area contributed by atoms with Gasteiger partial charge in [-0.3, -0.25) is 14.4 Å². The monoisotopic (exact) mass is 465 g/mol. The molecular weight excluding hydrogens is 442 g/mol. The van der Waals surface area contributed by atoms with Gasteiger partial charge in [-0.2, -0.15) is 0 Å². The lowest BCUT2D eigenvalue weighted by molar-refractivity contribution is -0.138. The zero-order chi connectivity index (χ0) is 24.1. The van der Waals surface area contributed by atoms with E-state index in [9.17, 15) is 19.5 Å². The number of amides is 1. The van der Waals surface area contributed by atoms with Crippen molar-refractivity contribution in [1.29, 1.82) is 0 Å². The predicted molar refractivity (Wildman–Crippen MR) is 132 cm³/mol. The van der Waals surface area contributed by atoms with Crippen LogP contribution in [0.5, 0.6) is 0 Å². The Morgan fingerprint density at radius 3 is 2.51 bits per heavy atom. The highest BCUT2D eigenvalue weighted by molar-refractivity contribution is 5.97. The minimum atomic E-state index is -0.737. The van der Waals surface area contributed by atoms with E-state index in [1.54, 1.807) is 29.1 Å². The maximum Gasteiger partial charge on any atom is 0.307 e. The fourth-order valence-electron chi connectivity index (χ4n) is 4.60. The van der Waals surface area contributed by atoms with Crippen LogP contribution >= 0.6 is 0 Å².